The van der Waals surface area contributed by atoms with Crippen molar-refractivity contribution in [2.24, 2.45) is 0 Å². The van der Waals surface area contributed by atoms with Crippen LogP contribution in [-0.4, -0.2) is 16.5 Å². The molecule has 21 heavy (non-hydrogen) atoms. The number of aromatic nitrogens is 2. The van der Waals surface area contributed by atoms with Crippen LogP contribution in [-0.2, 0) is 0 Å². The number of nitrogens with one attached hydrogen (secondary N) is 1. The van der Waals surface area contributed by atoms with Gasteiger partial charge in [0.25, 0.3) is 0 Å². The average Bonchev–Trinajstić information content (AvgIpc) is 2.48. The molecular weight excluding hydrogens is 346 g/mol. The van der Waals surface area contributed by atoms with E-state index in [9.17, 15) is 0 Å². The standard InChI is InChI=1S/C16H20BrN3S/c1-4-9-18-16-19-10-14(17)15(20-16)21-13-7-5-12(6-8-13)11(2)3/h5-8,10-11H,4,9H2,1-3H3,(H,18,19,20). The lowest BCUT2D eigenvalue weighted by molar-refractivity contribution is 0.865. The van der Waals surface area contributed by atoms with E-state index >= 15 is 0 Å². The molecule has 1 aromatic carbocycles. The Bertz CT molecular complexity index is 585. The van der Waals surface area contributed by atoms with Gasteiger partial charge in [0.05, 0.1) is 4.47 Å². The summed E-state index contributed by atoms with van der Waals surface area (Å²) in [7, 11) is 0. The van der Waals surface area contributed by atoms with Crippen molar-refractivity contribution in [1.29, 1.82) is 0 Å². The Kier molecular flexibility index (Phi) is 6.06. The van der Waals surface area contributed by atoms with E-state index in [1.165, 1.54) is 10.5 Å². The van der Waals surface area contributed by atoms with Gasteiger partial charge in [-0.2, -0.15) is 0 Å². The number of benzene rings is 1. The van der Waals surface area contributed by atoms with Crippen LogP contribution in [0, 0.1) is 0 Å². The van der Waals surface area contributed by atoms with Crippen LogP contribution in [0.3, 0.4) is 0 Å². The SMILES string of the molecule is CCCNc1ncc(Br)c(Sc2ccc(C(C)C)cc2)n1. The van der Waals surface area contributed by atoms with Gasteiger partial charge in [0, 0.05) is 17.6 Å². The molecule has 0 aliphatic heterocycles. The summed E-state index contributed by atoms with van der Waals surface area (Å²) < 4.78 is 0.919. The second-order valence-electron chi connectivity index (χ2n) is 5.10. The quantitative estimate of drug-likeness (QED) is 0.701. The molecule has 0 unspecified atom stereocenters. The van der Waals surface area contributed by atoms with Crippen LogP contribution >= 0.6 is 27.7 Å². The van der Waals surface area contributed by atoms with Crippen molar-refractivity contribution in [3.05, 3.63) is 40.5 Å². The predicted octanol–water partition coefficient (Wildman–Crippen LogP) is 5.34. The fourth-order valence-electron chi connectivity index (χ4n) is 1.78. The van der Waals surface area contributed by atoms with Gasteiger partial charge in [-0.3, -0.25) is 0 Å². The lowest BCUT2D eigenvalue weighted by atomic mass is 10.0. The summed E-state index contributed by atoms with van der Waals surface area (Å²) in [6, 6.07) is 8.65. The molecule has 0 fully saturated rings. The summed E-state index contributed by atoms with van der Waals surface area (Å²) in [4.78, 5) is 10.0. The Morgan fingerprint density at radius 3 is 2.57 bits per heavy atom. The minimum Gasteiger partial charge on any atom is -0.354 e. The number of anilines is 1. The second kappa shape index (κ2) is 7.80. The van der Waals surface area contributed by atoms with Crippen molar-refractivity contribution in [3.63, 3.8) is 0 Å². The zero-order valence-corrected chi connectivity index (χ0v) is 15.0. The lowest BCUT2D eigenvalue weighted by Gasteiger charge is -2.09. The molecule has 0 saturated heterocycles. The summed E-state index contributed by atoms with van der Waals surface area (Å²) in [6.45, 7) is 7.41. The van der Waals surface area contributed by atoms with Gasteiger partial charge in [0.2, 0.25) is 5.95 Å². The first-order chi connectivity index (χ1) is 10.1. The van der Waals surface area contributed by atoms with Crippen molar-refractivity contribution in [3.8, 4) is 0 Å². The number of hydrogen-bond acceptors (Lipinski definition) is 4. The summed E-state index contributed by atoms with van der Waals surface area (Å²) >= 11 is 5.16. The molecule has 2 aromatic rings. The lowest BCUT2D eigenvalue weighted by Crippen LogP contribution is -2.04. The molecule has 0 aliphatic carbocycles. The Morgan fingerprint density at radius 2 is 1.95 bits per heavy atom. The van der Waals surface area contributed by atoms with Crippen LogP contribution < -0.4 is 5.32 Å². The Labute approximate surface area is 139 Å². The maximum Gasteiger partial charge on any atom is 0.223 e. The molecule has 0 aliphatic rings. The summed E-state index contributed by atoms with van der Waals surface area (Å²) in [5.74, 6) is 1.24. The molecule has 5 heteroatoms. The third-order valence-electron chi connectivity index (χ3n) is 3.01. The molecule has 2 rings (SSSR count). The van der Waals surface area contributed by atoms with Gasteiger partial charge in [-0.15, -0.1) is 0 Å². The zero-order chi connectivity index (χ0) is 15.2. The number of nitrogens with zero attached hydrogens (tertiary/aromatic N) is 2. The van der Waals surface area contributed by atoms with Gasteiger partial charge in [-0.25, -0.2) is 9.97 Å². The number of rotatable bonds is 6. The number of hydrogen-bond donors (Lipinski definition) is 1. The summed E-state index contributed by atoms with van der Waals surface area (Å²) in [6.07, 6.45) is 2.86. The monoisotopic (exact) mass is 365 g/mol. The molecule has 3 nitrogen and oxygen atoms in total. The van der Waals surface area contributed by atoms with E-state index in [0.29, 0.717) is 11.9 Å². The third-order valence-corrected chi connectivity index (χ3v) is 4.86. The van der Waals surface area contributed by atoms with Crippen molar-refractivity contribution >= 4 is 33.6 Å². The molecule has 1 aromatic heterocycles. The molecule has 0 amide bonds. The largest absolute Gasteiger partial charge is 0.354 e. The van der Waals surface area contributed by atoms with Crippen LogP contribution in [0.5, 0.6) is 0 Å². The highest BCUT2D eigenvalue weighted by Crippen LogP contribution is 2.32. The highest BCUT2D eigenvalue weighted by Gasteiger charge is 2.07. The van der Waals surface area contributed by atoms with E-state index in [-0.39, 0.29) is 0 Å². The van der Waals surface area contributed by atoms with Gasteiger partial charge in [0.1, 0.15) is 5.03 Å². The van der Waals surface area contributed by atoms with E-state index < -0.39 is 0 Å². The first-order valence-electron chi connectivity index (χ1n) is 7.14. The number of halogens is 1. The molecule has 0 spiro atoms. The van der Waals surface area contributed by atoms with Crippen molar-refractivity contribution in [2.45, 2.75) is 43.0 Å². The molecule has 112 valence electrons. The topological polar surface area (TPSA) is 37.8 Å². The third kappa shape index (κ3) is 4.71. The fourth-order valence-corrected chi connectivity index (χ4v) is 2.99. The predicted molar refractivity (Wildman–Crippen MR) is 93.2 cm³/mol. The van der Waals surface area contributed by atoms with Crippen LogP contribution in [0.4, 0.5) is 5.95 Å². The van der Waals surface area contributed by atoms with Crippen molar-refractivity contribution in [1.82, 2.24) is 9.97 Å². The Morgan fingerprint density at radius 1 is 1.24 bits per heavy atom. The zero-order valence-electron chi connectivity index (χ0n) is 12.6. The maximum absolute atomic E-state index is 4.56. The fraction of sp³-hybridized carbons (Fsp3) is 0.375. The molecule has 1 N–H and O–H groups in total. The Balaban J connectivity index is 2.14. The molecule has 0 saturated carbocycles. The first kappa shape index (κ1) is 16.3. The van der Waals surface area contributed by atoms with Gasteiger partial charge >= 0.3 is 0 Å². The van der Waals surface area contributed by atoms with Gasteiger partial charge in [-0.1, -0.05) is 44.7 Å². The maximum atomic E-state index is 4.56. The molecule has 1 heterocycles. The first-order valence-corrected chi connectivity index (χ1v) is 8.75. The van der Waals surface area contributed by atoms with Crippen molar-refractivity contribution in [2.75, 3.05) is 11.9 Å². The molecule has 0 bridgehead atoms. The van der Waals surface area contributed by atoms with Crippen LogP contribution in [0.1, 0.15) is 38.7 Å². The minimum absolute atomic E-state index is 0.555. The highest BCUT2D eigenvalue weighted by atomic mass is 79.9. The van der Waals surface area contributed by atoms with Crippen LogP contribution in [0.25, 0.3) is 0 Å². The van der Waals surface area contributed by atoms with Crippen molar-refractivity contribution < 1.29 is 0 Å². The van der Waals surface area contributed by atoms with E-state index in [0.717, 1.165) is 22.5 Å². The second-order valence-corrected chi connectivity index (χ2v) is 7.02. The molecular formula is C16H20BrN3S. The average molecular weight is 366 g/mol. The summed E-state index contributed by atoms with van der Waals surface area (Å²) in [5, 5.41) is 4.15. The van der Waals surface area contributed by atoms with E-state index in [4.69, 9.17) is 0 Å². The van der Waals surface area contributed by atoms with Gasteiger partial charge < -0.3 is 5.32 Å². The van der Waals surface area contributed by atoms with E-state index in [1.54, 1.807) is 18.0 Å². The minimum atomic E-state index is 0.555. The highest BCUT2D eigenvalue weighted by molar-refractivity contribution is 9.10. The molecule has 0 radical (unpaired) electrons. The van der Waals surface area contributed by atoms with E-state index in [1.807, 2.05) is 0 Å². The molecule has 0 atom stereocenters. The van der Waals surface area contributed by atoms with Crippen LogP contribution in [0.15, 0.2) is 44.9 Å². The van der Waals surface area contributed by atoms with Gasteiger partial charge in [0.15, 0.2) is 0 Å². The normalized spacial score (nSPS) is 10.9. The van der Waals surface area contributed by atoms with E-state index in [2.05, 4.69) is 76.3 Å². The smallest absolute Gasteiger partial charge is 0.223 e. The summed E-state index contributed by atoms with van der Waals surface area (Å²) in [5.41, 5.74) is 1.35. The Hall–Kier alpha value is -1.07. The van der Waals surface area contributed by atoms with Gasteiger partial charge in [-0.05, 0) is 46.0 Å². The van der Waals surface area contributed by atoms with Crippen LogP contribution in [0.2, 0.25) is 0 Å².